The standard InChI is InChI=1S/C25H27NO4S2/c1-16-9-11-21(12-10-16)31(27)30-23-15-20-7-5-6-8-22(20)24(23)26-32(28,29)25-18(3)13-17(2)14-19(25)4/h5-14,23-24,26H,15H2,1-4H3/t23-,24+,31?/m0/s1. The lowest BCUT2D eigenvalue weighted by atomic mass is 10.1. The van der Waals surface area contributed by atoms with Crippen LogP contribution < -0.4 is 4.72 Å². The zero-order valence-electron chi connectivity index (χ0n) is 18.6. The molecule has 1 unspecified atom stereocenters. The zero-order valence-corrected chi connectivity index (χ0v) is 20.2. The minimum Gasteiger partial charge on any atom is -0.281 e. The fourth-order valence-electron chi connectivity index (χ4n) is 4.42. The molecule has 0 saturated heterocycles. The highest BCUT2D eigenvalue weighted by molar-refractivity contribution is 7.89. The largest absolute Gasteiger partial charge is 0.281 e. The summed E-state index contributed by atoms with van der Waals surface area (Å²) < 4.78 is 48.6. The molecule has 0 amide bonds. The van der Waals surface area contributed by atoms with Crippen LogP contribution in [0, 0.1) is 27.7 Å². The lowest BCUT2D eigenvalue weighted by Gasteiger charge is -2.23. The maximum Gasteiger partial charge on any atom is 0.241 e. The van der Waals surface area contributed by atoms with Gasteiger partial charge in [-0.2, -0.15) is 0 Å². The van der Waals surface area contributed by atoms with Gasteiger partial charge >= 0.3 is 0 Å². The number of rotatable bonds is 6. The van der Waals surface area contributed by atoms with Gasteiger partial charge in [-0.25, -0.2) is 17.3 Å². The van der Waals surface area contributed by atoms with Crippen LogP contribution in [0.15, 0.2) is 70.5 Å². The van der Waals surface area contributed by atoms with Gasteiger partial charge in [0.05, 0.1) is 21.9 Å². The minimum absolute atomic E-state index is 0.283. The van der Waals surface area contributed by atoms with Crippen LogP contribution in [-0.2, 0) is 31.7 Å². The number of aryl methyl sites for hydroxylation is 4. The van der Waals surface area contributed by atoms with E-state index in [-0.39, 0.29) is 4.90 Å². The summed E-state index contributed by atoms with van der Waals surface area (Å²) in [5.41, 5.74) is 5.31. The first-order valence-corrected chi connectivity index (χ1v) is 13.0. The van der Waals surface area contributed by atoms with E-state index >= 15 is 0 Å². The first-order valence-electron chi connectivity index (χ1n) is 10.5. The van der Waals surface area contributed by atoms with Crippen LogP contribution in [0.2, 0.25) is 0 Å². The number of fused-ring (bicyclic) bond motifs is 1. The van der Waals surface area contributed by atoms with Gasteiger partial charge in [0.15, 0.2) is 11.1 Å². The fraction of sp³-hybridized carbons (Fsp3) is 0.280. The van der Waals surface area contributed by atoms with E-state index in [0.29, 0.717) is 22.4 Å². The Morgan fingerprint density at radius 1 is 0.906 bits per heavy atom. The Balaban J connectivity index is 1.66. The summed E-state index contributed by atoms with van der Waals surface area (Å²) in [6.07, 6.45) is -0.109. The number of hydrogen-bond acceptors (Lipinski definition) is 4. The van der Waals surface area contributed by atoms with E-state index in [2.05, 4.69) is 4.72 Å². The molecule has 0 radical (unpaired) electrons. The Kier molecular flexibility index (Phi) is 6.36. The van der Waals surface area contributed by atoms with Crippen LogP contribution >= 0.6 is 0 Å². The number of sulfonamides is 1. The van der Waals surface area contributed by atoms with E-state index in [4.69, 9.17) is 4.18 Å². The van der Waals surface area contributed by atoms with Gasteiger partial charge in [0.1, 0.15) is 0 Å². The predicted octanol–water partition coefficient (Wildman–Crippen LogP) is 4.60. The van der Waals surface area contributed by atoms with E-state index < -0.39 is 33.2 Å². The number of hydrogen-bond donors (Lipinski definition) is 1. The topological polar surface area (TPSA) is 72.5 Å². The van der Waals surface area contributed by atoms with Crippen LogP contribution in [0.1, 0.15) is 39.4 Å². The zero-order chi connectivity index (χ0) is 23.0. The molecule has 3 atom stereocenters. The molecule has 0 saturated carbocycles. The van der Waals surface area contributed by atoms with Crippen LogP contribution in [0.3, 0.4) is 0 Å². The average Bonchev–Trinajstić information content (AvgIpc) is 3.04. The Hall–Kier alpha value is -2.32. The van der Waals surface area contributed by atoms with Gasteiger partial charge in [0, 0.05) is 6.42 Å². The second-order valence-electron chi connectivity index (χ2n) is 8.41. The van der Waals surface area contributed by atoms with Crippen LogP contribution in [0.4, 0.5) is 0 Å². The van der Waals surface area contributed by atoms with Gasteiger partial charge in [-0.1, -0.05) is 59.7 Å². The SMILES string of the molecule is Cc1ccc(S(=O)O[C@H]2Cc3ccccc3[C@H]2NS(=O)(=O)c2c(C)cc(C)cc2C)cc1. The molecule has 0 fully saturated rings. The predicted molar refractivity (Wildman–Crippen MR) is 126 cm³/mol. The summed E-state index contributed by atoms with van der Waals surface area (Å²) in [6.45, 7) is 7.51. The molecule has 5 nitrogen and oxygen atoms in total. The molecule has 0 spiro atoms. The summed E-state index contributed by atoms with van der Waals surface area (Å²) in [5, 5.41) is 0. The smallest absolute Gasteiger partial charge is 0.241 e. The Morgan fingerprint density at radius 2 is 1.53 bits per heavy atom. The third kappa shape index (κ3) is 4.57. The van der Waals surface area contributed by atoms with Gasteiger partial charge in [-0.3, -0.25) is 4.18 Å². The van der Waals surface area contributed by atoms with E-state index in [0.717, 1.165) is 22.3 Å². The number of nitrogens with one attached hydrogen (secondary N) is 1. The molecule has 168 valence electrons. The van der Waals surface area contributed by atoms with Crippen molar-refractivity contribution in [2.45, 2.75) is 56.1 Å². The molecule has 1 N–H and O–H groups in total. The summed E-state index contributed by atoms with van der Waals surface area (Å²) >= 11 is -1.71. The number of benzene rings is 3. The lowest BCUT2D eigenvalue weighted by Crippen LogP contribution is -2.36. The lowest BCUT2D eigenvalue weighted by molar-refractivity contribution is 0.199. The molecule has 1 aliphatic rings. The molecule has 4 rings (SSSR count). The monoisotopic (exact) mass is 469 g/mol. The van der Waals surface area contributed by atoms with Crippen molar-refractivity contribution < 1.29 is 16.8 Å². The Morgan fingerprint density at radius 3 is 2.19 bits per heavy atom. The highest BCUT2D eigenvalue weighted by Crippen LogP contribution is 2.36. The van der Waals surface area contributed by atoms with Gasteiger partial charge < -0.3 is 0 Å². The van der Waals surface area contributed by atoms with Crippen molar-refractivity contribution in [3.8, 4) is 0 Å². The maximum atomic E-state index is 13.4. The molecule has 0 bridgehead atoms. The van der Waals surface area contributed by atoms with Crippen LogP contribution in [0.25, 0.3) is 0 Å². The first kappa shape index (κ1) is 22.9. The van der Waals surface area contributed by atoms with Crippen molar-refractivity contribution in [2.75, 3.05) is 0 Å². The van der Waals surface area contributed by atoms with Crippen LogP contribution in [-0.4, -0.2) is 18.7 Å². The molecule has 1 aliphatic carbocycles. The van der Waals surface area contributed by atoms with E-state index in [1.807, 2.05) is 62.4 Å². The third-order valence-corrected chi connectivity index (χ3v) is 8.59. The molecule has 0 heterocycles. The van der Waals surface area contributed by atoms with Crippen molar-refractivity contribution >= 4 is 21.1 Å². The van der Waals surface area contributed by atoms with Crippen molar-refractivity contribution in [1.82, 2.24) is 4.72 Å². The first-order chi connectivity index (χ1) is 15.2. The van der Waals surface area contributed by atoms with Crippen LogP contribution in [0.5, 0.6) is 0 Å². The van der Waals surface area contributed by atoms with E-state index in [9.17, 15) is 12.6 Å². The molecule has 32 heavy (non-hydrogen) atoms. The summed E-state index contributed by atoms with van der Waals surface area (Å²) in [6, 6.07) is 18.0. The molecule has 3 aromatic carbocycles. The molecule has 0 aromatic heterocycles. The Bertz CT molecular complexity index is 1260. The molecular formula is C25H27NO4S2. The third-order valence-electron chi connectivity index (χ3n) is 5.76. The van der Waals surface area contributed by atoms with Crippen molar-refractivity contribution in [1.29, 1.82) is 0 Å². The second kappa shape index (κ2) is 8.90. The van der Waals surface area contributed by atoms with Gasteiger partial charge in [0.25, 0.3) is 0 Å². The van der Waals surface area contributed by atoms with E-state index in [1.54, 1.807) is 26.0 Å². The average molecular weight is 470 g/mol. The Labute approximate surface area is 192 Å². The second-order valence-corrected chi connectivity index (χ2v) is 11.2. The summed E-state index contributed by atoms with van der Waals surface area (Å²) in [4.78, 5) is 0.837. The summed E-state index contributed by atoms with van der Waals surface area (Å²) in [7, 11) is -3.83. The normalized spacial score (nSPS) is 19.0. The van der Waals surface area contributed by atoms with Gasteiger partial charge in [0.2, 0.25) is 10.0 Å². The van der Waals surface area contributed by atoms with Gasteiger partial charge in [-0.15, -0.1) is 0 Å². The summed E-state index contributed by atoms with van der Waals surface area (Å²) in [5.74, 6) is 0. The van der Waals surface area contributed by atoms with E-state index in [1.165, 1.54) is 0 Å². The minimum atomic E-state index is -3.83. The highest BCUT2D eigenvalue weighted by Gasteiger charge is 2.38. The molecule has 0 aliphatic heterocycles. The quantitative estimate of drug-likeness (QED) is 0.573. The van der Waals surface area contributed by atoms with Crippen molar-refractivity contribution in [3.05, 3.63) is 94.0 Å². The molecule has 3 aromatic rings. The van der Waals surface area contributed by atoms with Gasteiger partial charge in [-0.05, 0) is 62.1 Å². The molecule has 7 heteroatoms. The fourth-order valence-corrected chi connectivity index (χ4v) is 6.99. The van der Waals surface area contributed by atoms with Crippen molar-refractivity contribution in [3.63, 3.8) is 0 Å². The molecular weight excluding hydrogens is 442 g/mol. The maximum absolute atomic E-state index is 13.4. The highest BCUT2D eigenvalue weighted by atomic mass is 32.2. The van der Waals surface area contributed by atoms with Crippen molar-refractivity contribution in [2.24, 2.45) is 0 Å².